The highest BCUT2D eigenvalue weighted by atomic mass is 32.2. The Labute approximate surface area is 145 Å². The van der Waals surface area contributed by atoms with Crippen molar-refractivity contribution >= 4 is 33.0 Å². The number of imidazole rings is 1. The van der Waals surface area contributed by atoms with Gasteiger partial charge in [0.05, 0.1) is 12.2 Å². The van der Waals surface area contributed by atoms with Crippen LogP contribution >= 0.6 is 11.3 Å². The van der Waals surface area contributed by atoms with Crippen molar-refractivity contribution in [1.29, 1.82) is 0 Å². The van der Waals surface area contributed by atoms with Gasteiger partial charge in [-0.3, -0.25) is 18.1 Å². The molecule has 3 aromatic heterocycles. The van der Waals surface area contributed by atoms with Crippen LogP contribution in [0.4, 0.5) is 0 Å². The highest BCUT2D eigenvalue weighted by molar-refractivity contribution is 7.85. The zero-order valence-corrected chi connectivity index (χ0v) is 15.0. The van der Waals surface area contributed by atoms with Gasteiger partial charge >= 0.3 is 0 Å². The number of amides is 1. The molecule has 0 saturated carbocycles. The highest BCUT2D eigenvalue weighted by Gasteiger charge is 2.34. The second-order valence-corrected chi connectivity index (χ2v) is 8.47. The molecule has 1 aliphatic rings. The maximum absolute atomic E-state index is 13.2. The number of hydrogen-bond donors (Lipinski definition) is 0. The minimum Gasteiger partial charge on any atom is -0.329 e. The van der Waals surface area contributed by atoms with E-state index in [1.54, 1.807) is 17.1 Å². The van der Waals surface area contributed by atoms with Gasteiger partial charge in [0.15, 0.2) is 4.96 Å². The lowest BCUT2D eigenvalue weighted by Gasteiger charge is -2.34. The van der Waals surface area contributed by atoms with Gasteiger partial charge in [-0.15, -0.1) is 0 Å². The van der Waals surface area contributed by atoms with Gasteiger partial charge in [0.2, 0.25) is 0 Å². The minimum atomic E-state index is -0.913. The van der Waals surface area contributed by atoms with E-state index in [-0.39, 0.29) is 11.9 Å². The van der Waals surface area contributed by atoms with Crippen molar-refractivity contribution in [2.24, 2.45) is 7.05 Å². The van der Waals surface area contributed by atoms with Crippen LogP contribution in [-0.4, -0.2) is 52.2 Å². The van der Waals surface area contributed by atoms with Crippen LogP contribution < -0.4 is 0 Å². The molecule has 4 rings (SSSR count). The molecule has 1 saturated heterocycles. The molecule has 0 radical (unpaired) electrons. The van der Waals surface area contributed by atoms with Crippen molar-refractivity contribution in [1.82, 2.24) is 24.1 Å². The molecule has 1 aliphatic heterocycles. The lowest BCUT2D eigenvalue weighted by atomic mass is 10.1. The predicted octanol–water partition coefficient (Wildman–Crippen LogP) is 1.38. The molecule has 0 aliphatic carbocycles. The van der Waals surface area contributed by atoms with E-state index in [1.165, 1.54) is 11.3 Å². The molecule has 126 valence electrons. The topological polar surface area (TPSA) is 72.5 Å². The predicted molar refractivity (Wildman–Crippen MR) is 92.7 cm³/mol. The fraction of sp³-hybridized carbons (Fsp3) is 0.400. The van der Waals surface area contributed by atoms with E-state index in [0.29, 0.717) is 22.9 Å². The van der Waals surface area contributed by atoms with Crippen molar-refractivity contribution in [2.45, 2.75) is 13.0 Å². The van der Waals surface area contributed by atoms with Crippen LogP contribution in [0.25, 0.3) is 4.96 Å². The number of carbonyl (C=O) groups excluding carboxylic acids is 1. The molecule has 1 amide bonds. The Morgan fingerprint density at radius 2 is 2.29 bits per heavy atom. The van der Waals surface area contributed by atoms with Gasteiger partial charge in [0, 0.05) is 65.7 Å². The number of nitrogens with zero attached hydrogens (tertiary/aromatic N) is 5. The molecule has 0 spiro atoms. The number of hydrogen-bond acceptors (Lipinski definition) is 5. The summed E-state index contributed by atoms with van der Waals surface area (Å²) in [6.07, 6.45) is 7.24. The van der Waals surface area contributed by atoms with Crippen LogP contribution in [0.2, 0.25) is 0 Å². The molecule has 2 atom stereocenters. The molecule has 1 fully saturated rings. The zero-order valence-electron chi connectivity index (χ0n) is 13.4. The third-order valence-corrected chi connectivity index (χ3v) is 6.82. The van der Waals surface area contributed by atoms with E-state index in [2.05, 4.69) is 10.1 Å². The van der Waals surface area contributed by atoms with Crippen LogP contribution in [0.15, 0.2) is 24.8 Å². The van der Waals surface area contributed by atoms with Crippen molar-refractivity contribution in [3.05, 3.63) is 40.9 Å². The maximum atomic E-state index is 13.2. The number of carbonyl (C=O) groups is 1. The standard InChI is InChI=1S/C15H17N5O2S2/c1-10-13(23-15-16-3-4-19(10)15)14(21)20-5-6-24(22)9-12(20)11-7-17-18(2)8-11/h3-4,7-8,12H,5-6,9H2,1-2H3. The van der Waals surface area contributed by atoms with Gasteiger partial charge in [-0.05, 0) is 6.92 Å². The number of thiazole rings is 1. The van der Waals surface area contributed by atoms with Crippen LogP contribution in [0.3, 0.4) is 0 Å². The Balaban J connectivity index is 1.71. The van der Waals surface area contributed by atoms with Gasteiger partial charge in [-0.25, -0.2) is 4.98 Å². The molecule has 7 nitrogen and oxygen atoms in total. The van der Waals surface area contributed by atoms with Gasteiger partial charge in [0.1, 0.15) is 4.88 Å². The molecule has 24 heavy (non-hydrogen) atoms. The molecule has 0 aromatic carbocycles. The normalized spacial score (nSPS) is 21.5. The summed E-state index contributed by atoms with van der Waals surface area (Å²) in [5.74, 6) is 0.955. The number of fused-ring (bicyclic) bond motifs is 1. The SMILES string of the molecule is Cc1c(C(=O)N2CCS(=O)CC2c2cnn(C)c2)sc2nccn12. The van der Waals surface area contributed by atoms with E-state index < -0.39 is 10.8 Å². The summed E-state index contributed by atoms with van der Waals surface area (Å²) >= 11 is 1.40. The highest BCUT2D eigenvalue weighted by Crippen LogP contribution is 2.30. The first kappa shape index (κ1) is 15.5. The molecular formula is C15H17N5O2S2. The fourth-order valence-electron chi connectivity index (χ4n) is 3.06. The largest absolute Gasteiger partial charge is 0.329 e. The van der Waals surface area contributed by atoms with Crippen LogP contribution in [0, 0.1) is 6.92 Å². The first-order chi connectivity index (χ1) is 11.5. The summed E-state index contributed by atoms with van der Waals surface area (Å²) in [6, 6.07) is -0.199. The average molecular weight is 363 g/mol. The Kier molecular flexibility index (Phi) is 3.76. The Hall–Kier alpha value is -2.00. The summed E-state index contributed by atoms with van der Waals surface area (Å²) in [4.78, 5) is 20.8. The van der Waals surface area contributed by atoms with Crippen molar-refractivity contribution in [3.63, 3.8) is 0 Å². The summed E-state index contributed by atoms with van der Waals surface area (Å²) < 4.78 is 15.7. The van der Waals surface area contributed by atoms with E-state index >= 15 is 0 Å². The van der Waals surface area contributed by atoms with E-state index in [1.807, 2.05) is 35.7 Å². The van der Waals surface area contributed by atoms with E-state index in [9.17, 15) is 9.00 Å². The summed E-state index contributed by atoms with van der Waals surface area (Å²) in [6.45, 7) is 2.42. The summed E-state index contributed by atoms with van der Waals surface area (Å²) in [7, 11) is 0.929. The first-order valence-electron chi connectivity index (χ1n) is 7.61. The lowest BCUT2D eigenvalue weighted by Crippen LogP contribution is -2.44. The molecule has 3 aromatic rings. The van der Waals surface area contributed by atoms with Gasteiger partial charge in [-0.1, -0.05) is 11.3 Å². The number of aromatic nitrogens is 4. The third kappa shape index (κ3) is 2.48. The Bertz CT molecular complexity index is 941. The maximum Gasteiger partial charge on any atom is 0.266 e. The van der Waals surface area contributed by atoms with Gasteiger partial charge < -0.3 is 4.90 Å². The van der Waals surface area contributed by atoms with Crippen LogP contribution in [-0.2, 0) is 17.8 Å². The monoisotopic (exact) mass is 363 g/mol. The van der Waals surface area contributed by atoms with Crippen molar-refractivity contribution in [2.75, 3.05) is 18.1 Å². The second-order valence-electron chi connectivity index (χ2n) is 5.87. The number of aryl methyl sites for hydroxylation is 2. The van der Waals surface area contributed by atoms with Gasteiger partial charge in [-0.2, -0.15) is 5.10 Å². The molecule has 4 heterocycles. The van der Waals surface area contributed by atoms with Crippen LogP contribution in [0.1, 0.15) is 27.0 Å². The quantitative estimate of drug-likeness (QED) is 0.690. The zero-order chi connectivity index (χ0) is 16.8. The summed E-state index contributed by atoms with van der Waals surface area (Å²) in [5, 5.41) is 4.20. The molecule has 2 unspecified atom stereocenters. The Morgan fingerprint density at radius 1 is 1.46 bits per heavy atom. The number of rotatable bonds is 2. The average Bonchev–Trinajstić information content (AvgIpc) is 3.25. The van der Waals surface area contributed by atoms with E-state index in [0.717, 1.165) is 16.2 Å². The molecule has 9 heteroatoms. The fourth-order valence-corrected chi connectivity index (χ4v) is 5.40. The molecule has 0 bridgehead atoms. The summed E-state index contributed by atoms with van der Waals surface area (Å²) in [5.41, 5.74) is 1.83. The Morgan fingerprint density at radius 3 is 3.00 bits per heavy atom. The molecular weight excluding hydrogens is 346 g/mol. The van der Waals surface area contributed by atoms with E-state index in [4.69, 9.17) is 0 Å². The lowest BCUT2D eigenvalue weighted by molar-refractivity contribution is 0.0703. The van der Waals surface area contributed by atoms with Crippen LogP contribution in [0.5, 0.6) is 0 Å². The van der Waals surface area contributed by atoms with Crippen molar-refractivity contribution < 1.29 is 9.00 Å². The molecule has 0 N–H and O–H groups in total. The smallest absolute Gasteiger partial charge is 0.266 e. The first-order valence-corrected chi connectivity index (χ1v) is 9.92. The van der Waals surface area contributed by atoms with Gasteiger partial charge in [0.25, 0.3) is 5.91 Å². The van der Waals surface area contributed by atoms with Crippen molar-refractivity contribution in [3.8, 4) is 0 Å². The second kappa shape index (κ2) is 5.82. The third-order valence-electron chi connectivity index (χ3n) is 4.33. The minimum absolute atomic E-state index is 0.0199.